The maximum absolute atomic E-state index is 12.5. The lowest BCUT2D eigenvalue weighted by atomic mass is 9.72. The van der Waals surface area contributed by atoms with Gasteiger partial charge < -0.3 is 25.3 Å². The molecule has 178 valence electrons. The fraction of sp³-hybridized carbons (Fsp3) is 0.458. The molecule has 1 atom stereocenters. The maximum atomic E-state index is 12.5. The third-order valence-corrected chi connectivity index (χ3v) is 7.10. The second kappa shape index (κ2) is 9.82. The number of nitrogen functional groups attached to an aromatic ring is 1. The zero-order valence-corrected chi connectivity index (χ0v) is 20.4. The first-order valence-corrected chi connectivity index (χ1v) is 11.5. The molecular weight excluding hydrogens is 444 g/mol. The average Bonchev–Trinajstić information content (AvgIpc) is 3.13. The Bertz CT molecular complexity index is 1070. The van der Waals surface area contributed by atoms with Crippen LogP contribution >= 0.6 is 11.3 Å². The third kappa shape index (κ3) is 5.47. The van der Waals surface area contributed by atoms with E-state index in [1.54, 1.807) is 6.07 Å². The number of carbonyl (C=O) groups is 3. The number of anilines is 2. The predicted molar refractivity (Wildman–Crippen MR) is 127 cm³/mol. The van der Waals surface area contributed by atoms with Crippen LogP contribution in [-0.4, -0.2) is 38.7 Å². The summed E-state index contributed by atoms with van der Waals surface area (Å²) in [6.07, 6.45) is 2.56. The number of amides is 1. The number of fused-ring (bicyclic) bond motifs is 1. The largest absolute Gasteiger partial charge is 0.495 e. The Morgan fingerprint density at radius 3 is 2.52 bits per heavy atom. The van der Waals surface area contributed by atoms with Gasteiger partial charge >= 0.3 is 11.9 Å². The number of benzene rings is 1. The Labute approximate surface area is 197 Å². The van der Waals surface area contributed by atoms with Gasteiger partial charge in [-0.15, -0.1) is 11.3 Å². The normalized spacial score (nSPS) is 15.4. The van der Waals surface area contributed by atoms with Crippen LogP contribution in [0, 0.1) is 11.3 Å². The summed E-state index contributed by atoms with van der Waals surface area (Å²) < 4.78 is 15.2. The first-order valence-electron chi connectivity index (χ1n) is 10.7. The number of thiophene rings is 1. The van der Waals surface area contributed by atoms with Gasteiger partial charge in [0.05, 0.1) is 31.0 Å². The molecule has 1 heterocycles. The number of nitrogens with one attached hydrogen (secondary N) is 1. The van der Waals surface area contributed by atoms with Crippen molar-refractivity contribution in [2.45, 2.75) is 40.0 Å². The summed E-state index contributed by atoms with van der Waals surface area (Å²) in [4.78, 5) is 38.4. The molecule has 33 heavy (non-hydrogen) atoms. The summed E-state index contributed by atoms with van der Waals surface area (Å²) in [5.74, 6) is -0.791. The van der Waals surface area contributed by atoms with E-state index in [1.807, 2.05) is 0 Å². The number of hydrogen-bond donors (Lipinski definition) is 2. The second-order valence-corrected chi connectivity index (χ2v) is 10.2. The highest BCUT2D eigenvalue weighted by atomic mass is 32.1. The monoisotopic (exact) mass is 474 g/mol. The topological polar surface area (TPSA) is 117 Å². The molecule has 9 heteroatoms. The molecule has 1 aliphatic rings. The number of esters is 2. The van der Waals surface area contributed by atoms with Crippen molar-refractivity contribution in [1.82, 2.24) is 0 Å². The van der Waals surface area contributed by atoms with Gasteiger partial charge in [-0.1, -0.05) is 20.8 Å². The molecule has 0 spiro atoms. The number of rotatable bonds is 6. The van der Waals surface area contributed by atoms with Crippen molar-refractivity contribution in [1.29, 1.82) is 0 Å². The molecule has 2 aromatic rings. The number of nitrogens with two attached hydrogens (primary N) is 1. The predicted octanol–water partition coefficient (Wildman–Crippen LogP) is 4.07. The van der Waals surface area contributed by atoms with Crippen LogP contribution in [-0.2, 0) is 27.1 Å². The van der Waals surface area contributed by atoms with Crippen LogP contribution in [0.1, 0.15) is 58.3 Å². The summed E-state index contributed by atoms with van der Waals surface area (Å²) in [6.45, 7) is 6.14. The smallest absolute Gasteiger partial charge is 0.341 e. The fourth-order valence-corrected chi connectivity index (χ4v) is 5.30. The summed E-state index contributed by atoms with van der Waals surface area (Å²) in [6, 6.07) is 4.48. The van der Waals surface area contributed by atoms with Crippen LogP contribution in [0.3, 0.4) is 0 Å². The Kier molecular flexibility index (Phi) is 7.31. The summed E-state index contributed by atoms with van der Waals surface area (Å²) in [7, 11) is 2.80. The molecule has 0 aliphatic heterocycles. The van der Waals surface area contributed by atoms with E-state index in [9.17, 15) is 14.4 Å². The molecule has 1 aromatic heterocycles. The van der Waals surface area contributed by atoms with E-state index in [2.05, 4.69) is 26.1 Å². The van der Waals surface area contributed by atoms with Crippen molar-refractivity contribution in [2.75, 3.05) is 31.9 Å². The van der Waals surface area contributed by atoms with Crippen LogP contribution in [0.4, 0.5) is 10.7 Å². The molecule has 0 saturated carbocycles. The number of ether oxygens (including phenoxy) is 3. The Balaban J connectivity index is 1.71. The number of methoxy groups -OCH3 is 2. The van der Waals surface area contributed by atoms with Gasteiger partial charge in [0, 0.05) is 4.88 Å². The second-order valence-electron chi connectivity index (χ2n) is 9.09. The first-order chi connectivity index (χ1) is 15.5. The van der Waals surface area contributed by atoms with Gasteiger partial charge in [0.25, 0.3) is 5.91 Å². The minimum atomic E-state index is -0.689. The molecule has 3 rings (SSSR count). The van der Waals surface area contributed by atoms with Gasteiger partial charge in [-0.05, 0) is 54.4 Å². The van der Waals surface area contributed by atoms with E-state index in [4.69, 9.17) is 19.9 Å². The minimum Gasteiger partial charge on any atom is -0.495 e. The van der Waals surface area contributed by atoms with E-state index in [-0.39, 0.29) is 16.7 Å². The van der Waals surface area contributed by atoms with Crippen molar-refractivity contribution in [3.63, 3.8) is 0 Å². The van der Waals surface area contributed by atoms with Crippen LogP contribution in [0.15, 0.2) is 18.2 Å². The van der Waals surface area contributed by atoms with Gasteiger partial charge in [0.15, 0.2) is 6.61 Å². The van der Waals surface area contributed by atoms with Crippen molar-refractivity contribution < 1.29 is 28.6 Å². The highest BCUT2D eigenvalue weighted by molar-refractivity contribution is 7.17. The van der Waals surface area contributed by atoms with Crippen LogP contribution in [0.25, 0.3) is 0 Å². The van der Waals surface area contributed by atoms with Gasteiger partial charge in [-0.25, -0.2) is 9.59 Å². The molecule has 1 amide bonds. The van der Waals surface area contributed by atoms with E-state index in [0.29, 0.717) is 22.2 Å². The zero-order valence-electron chi connectivity index (χ0n) is 19.6. The lowest BCUT2D eigenvalue weighted by Gasteiger charge is -2.33. The molecule has 0 saturated heterocycles. The van der Waals surface area contributed by atoms with Gasteiger partial charge in [-0.2, -0.15) is 0 Å². The zero-order chi connectivity index (χ0) is 24.3. The third-order valence-electron chi connectivity index (χ3n) is 5.93. The van der Waals surface area contributed by atoms with E-state index in [1.165, 1.54) is 37.7 Å². The van der Waals surface area contributed by atoms with Crippen molar-refractivity contribution in [2.24, 2.45) is 11.3 Å². The fourth-order valence-electron chi connectivity index (χ4n) is 3.97. The van der Waals surface area contributed by atoms with E-state index in [0.717, 1.165) is 29.7 Å². The van der Waals surface area contributed by atoms with E-state index >= 15 is 0 Å². The maximum Gasteiger partial charge on any atom is 0.341 e. The molecule has 1 aliphatic carbocycles. The highest BCUT2D eigenvalue weighted by Crippen LogP contribution is 2.44. The molecule has 1 aromatic carbocycles. The highest BCUT2D eigenvalue weighted by Gasteiger charge is 2.34. The Hall–Kier alpha value is -3.07. The molecule has 0 radical (unpaired) electrons. The Morgan fingerprint density at radius 2 is 1.91 bits per heavy atom. The number of hydrogen-bond acceptors (Lipinski definition) is 8. The number of carbonyl (C=O) groups excluding carboxylic acids is 3. The molecule has 3 N–H and O–H groups in total. The average molecular weight is 475 g/mol. The van der Waals surface area contributed by atoms with Gasteiger partial charge in [0.2, 0.25) is 0 Å². The first kappa shape index (κ1) is 24.6. The van der Waals surface area contributed by atoms with Gasteiger partial charge in [0.1, 0.15) is 10.8 Å². The van der Waals surface area contributed by atoms with E-state index < -0.39 is 24.5 Å². The molecule has 8 nitrogen and oxygen atoms in total. The Morgan fingerprint density at radius 1 is 1.18 bits per heavy atom. The lowest BCUT2D eigenvalue weighted by Crippen LogP contribution is -2.26. The van der Waals surface area contributed by atoms with Crippen LogP contribution < -0.4 is 15.8 Å². The van der Waals surface area contributed by atoms with Crippen molar-refractivity contribution in [3.8, 4) is 5.75 Å². The van der Waals surface area contributed by atoms with Crippen molar-refractivity contribution in [3.05, 3.63) is 39.8 Å². The minimum absolute atomic E-state index is 0.148. The van der Waals surface area contributed by atoms with Crippen molar-refractivity contribution >= 4 is 39.9 Å². The summed E-state index contributed by atoms with van der Waals surface area (Å²) >= 11 is 1.39. The lowest BCUT2D eigenvalue weighted by molar-refractivity contribution is -0.119. The molecule has 0 bridgehead atoms. The molecule has 0 fully saturated rings. The molecule has 1 unspecified atom stereocenters. The summed E-state index contributed by atoms with van der Waals surface area (Å²) in [5, 5.41) is 3.16. The van der Waals surface area contributed by atoms with Crippen LogP contribution in [0.2, 0.25) is 0 Å². The summed E-state index contributed by atoms with van der Waals surface area (Å²) in [5.41, 5.74) is 7.79. The SMILES string of the molecule is COC(=O)c1c(NC(=O)COC(=O)c2ccc(OC)c(N)c2)sc2c1CCC(C(C)(C)C)C2. The van der Waals surface area contributed by atoms with Crippen LogP contribution in [0.5, 0.6) is 5.75 Å². The standard InChI is InChI=1S/C24H30N2O6S/c1-24(2,3)14-7-8-15-18(11-14)33-21(20(15)23(29)31-5)26-19(27)12-32-22(28)13-6-9-17(30-4)16(25)10-13/h6,9-10,14H,7-8,11-12,25H2,1-5H3,(H,26,27). The quantitative estimate of drug-likeness (QED) is 0.479. The van der Waals surface area contributed by atoms with Gasteiger partial charge in [-0.3, -0.25) is 4.79 Å². The molecular formula is C24H30N2O6S.